The van der Waals surface area contributed by atoms with Crippen molar-refractivity contribution < 1.29 is 14.0 Å². The average molecular weight is 302 g/mol. The van der Waals surface area contributed by atoms with Gasteiger partial charge in [-0.2, -0.15) is 0 Å². The summed E-state index contributed by atoms with van der Waals surface area (Å²) in [5.41, 5.74) is 5.22. The molecule has 1 aromatic carbocycles. The Hall–Kier alpha value is -2.63. The third-order valence-electron chi connectivity index (χ3n) is 3.26. The Balaban J connectivity index is 2.37. The van der Waals surface area contributed by atoms with E-state index in [-0.39, 0.29) is 17.7 Å². The molecule has 116 valence electrons. The maximum absolute atomic E-state index is 12.5. The second kappa shape index (κ2) is 6.89. The molecule has 0 saturated heterocycles. The lowest BCUT2D eigenvalue weighted by molar-refractivity contribution is -0.118. The number of nitrogens with zero attached hydrogens (tertiary/aromatic N) is 1. The van der Waals surface area contributed by atoms with E-state index in [9.17, 15) is 14.4 Å². The second-order valence-corrected chi connectivity index (χ2v) is 5.02. The molecule has 0 saturated carbocycles. The van der Waals surface area contributed by atoms with E-state index in [2.05, 4.69) is 0 Å². The third-order valence-corrected chi connectivity index (χ3v) is 3.26. The van der Waals surface area contributed by atoms with Crippen molar-refractivity contribution in [3.05, 3.63) is 46.3 Å². The van der Waals surface area contributed by atoms with Crippen molar-refractivity contribution in [2.24, 2.45) is 5.73 Å². The van der Waals surface area contributed by atoms with Crippen molar-refractivity contribution in [2.75, 3.05) is 13.1 Å². The Bertz CT molecular complexity index is 751. The predicted molar refractivity (Wildman–Crippen MR) is 82.5 cm³/mol. The van der Waals surface area contributed by atoms with Crippen molar-refractivity contribution in [1.82, 2.24) is 4.90 Å². The van der Waals surface area contributed by atoms with Crippen LogP contribution in [-0.2, 0) is 4.79 Å². The average Bonchev–Trinajstić information content (AvgIpc) is 2.50. The molecular weight excluding hydrogens is 284 g/mol. The molecule has 2 aromatic rings. The van der Waals surface area contributed by atoms with Crippen molar-refractivity contribution in [1.29, 1.82) is 0 Å². The fourth-order valence-corrected chi connectivity index (χ4v) is 2.15. The highest BCUT2D eigenvalue weighted by molar-refractivity contribution is 5.95. The van der Waals surface area contributed by atoms with Gasteiger partial charge in [0.1, 0.15) is 5.58 Å². The minimum atomic E-state index is -0.604. The zero-order chi connectivity index (χ0) is 16.1. The second-order valence-electron chi connectivity index (χ2n) is 5.02. The first-order valence-electron chi connectivity index (χ1n) is 7.13. The first-order chi connectivity index (χ1) is 10.5. The van der Waals surface area contributed by atoms with Crippen LogP contribution in [0.5, 0.6) is 0 Å². The predicted octanol–water partition coefficient (Wildman–Crippen LogP) is 1.52. The van der Waals surface area contributed by atoms with Gasteiger partial charge in [-0.05, 0) is 18.6 Å². The van der Waals surface area contributed by atoms with Gasteiger partial charge in [0.05, 0.1) is 11.9 Å². The number of nitrogens with two attached hydrogens (primary N) is 1. The van der Waals surface area contributed by atoms with Crippen molar-refractivity contribution in [3.8, 4) is 0 Å². The van der Waals surface area contributed by atoms with E-state index in [1.54, 1.807) is 24.3 Å². The Morgan fingerprint density at radius 3 is 2.68 bits per heavy atom. The van der Waals surface area contributed by atoms with Crippen molar-refractivity contribution >= 4 is 22.8 Å². The van der Waals surface area contributed by atoms with Gasteiger partial charge < -0.3 is 15.1 Å². The summed E-state index contributed by atoms with van der Waals surface area (Å²) in [6.45, 7) is 2.16. The van der Waals surface area contributed by atoms with E-state index in [1.807, 2.05) is 6.92 Å². The summed E-state index contributed by atoms with van der Waals surface area (Å²) in [6.07, 6.45) is 1.60. The van der Waals surface area contributed by atoms with Crippen LogP contribution in [0.4, 0.5) is 0 Å². The molecule has 0 aliphatic heterocycles. The number of benzene rings is 1. The van der Waals surface area contributed by atoms with E-state index >= 15 is 0 Å². The molecule has 22 heavy (non-hydrogen) atoms. The van der Waals surface area contributed by atoms with Crippen LogP contribution in [0.2, 0.25) is 0 Å². The minimum Gasteiger partial charge on any atom is -0.451 e. The fourth-order valence-electron chi connectivity index (χ4n) is 2.15. The van der Waals surface area contributed by atoms with E-state index in [4.69, 9.17) is 10.2 Å². The van der Waals surface area contributed by atoms with Gasteiger partial charge in [-0.15, -0.1) is 0 Å². The number of rotatable bonds is 6. The van der Waals surface area contributed by atoms with Gasteiger partial charge >= 0.3 is 0 Å². The summed E-state index contributed by atoms with van der Waals surface area (Å²) >= 11 is 0. The van der Waals surface area contributed by atoms with Gasteiger partial charge in [-0.3, -0.25) is 14.4 Å². The van der Waals surface area contributed by atoms with Crippen LogP contribution in [0.3, 0.4) is 0 Å². The van der Waals surface area contributed by atoms with Crippen LogP contribution in [-0.4, -0.2) is 29.8 Å². The van der Waals surface area contributed by atoms with Gasteiger partial charge in [0, 0.05) is 12.6 Å². The largest absolute Gasteiger partial charge is 0.451 e. The normalized spacial score (nSPS) is 10.6. The monoisotopic (exact) mass is 302 g/mol. The van der Waals surface area contributed by atoms with Crippen LogP contribution in [0.15, 0.2) is 39.5 Å². The van der Waals surface area contributed by atoms with E-state index in [0.29, 0.717) is 17.5 Å². The molecule has 1 heterocycles. The van der Waals surface area contributed by atoms with E-state index < -0.39 is 11.8 Å². The molecule has 0 bridgehead atoms. The molecule has 2 rings (SSSR count). The maximum atomic E-state index is 12.5. The number of carbonyl (C=O) groups excluding carboxylic acids is 2. The molecule has 0 aliphatic rings. The van der Waals surface area contributed by atoms with Gasteiger partial charge in [0.25, 0.3) is 5.91 Å². The molecule has 0 unspecified atom stereocenters. The summed E-state index contributed by atoms with van der Waals surface area (Å²) < 4.78 is 5.50. The lowest BCUT2D eigenvalue weighted by Crippen LogP contribution is -2.39. The number of carbonyl (C=O) groups is 2. The Morgan fingerprint density at radius 2 is 2.00 bits per heavy atom. The first-order valence-corrected chi connectivity index (χ1v) is 7.13. The zero-order valence-electron chi connectivity index (χ0n) is 12.4. The molecule has 0 atom stereocenters. The molecule has 0 fully saturated rings. The molecule has 0 radical (unpaired) electrons. The summed E-state index contributed by atoms with van der Waals surface area (Å²) in [5.74, 6) is -1.19. The topological polar surface area (TPSA) is 93.6 Å². The van der Waals surface area contributed by atoms with Crippen LogP contribution >= 0.6 is 0 Å². The molecule has 6 heteroatoms. The van der Waals surface area contributed by atoms with Crippen LogP contribution in [0.25, 0.3) is 11.0 Å². The molecule has 0 aliphatic carbocycles. The van der Waals surface area contributed by atoms with E-state index in [1.165, 1.54) is 4.90 Å². The summed E-state index contributed by atoms with van der Waals surface area (Å²) in [6, 6.07) is 7.86. The van der Waals surface area contributed by atoms with E-state index in [0.717, 1.165) is 18.9 Å². The number of fused-ring (bicyclic) bond motifs is 1. The van der Waals surface area contributed by atoms with Gasteiger partial charge in [-0.25, -0.2) is 0 Å². The highest BCUT2D eigenvalue weighted by atomic mass is 16.3. The summed E-state index contributed by atoms with van der Waals surface area (Å²) in [5, 5.41) is 0.411. The maximum Gasteiger partial charge on any atom is 0.290 e. The molecule has 2 N–H and O–H groups in total. The smallest absolute Gasteiger partial charge is 0.290 e. The quantitative estimate of drug-likeness (QED) is 0.875. The third kappa shape index (κ3) is 3.52. The standard InChI is InChI=1S/C16H18N2O4/c1-2-3-8-18(10-15(17)20)16(21)14-9-12(19)11-6-4-5-7-13(11)22-14/h4-7,9H,2-3,8,10H2,1H3,(H2,17,20). The first kappa shape index (κ1) is 15.8. The van der Waals surface area contributed by atoms with Crippen molar-refractivity contribution in [3.63, 3.8) is 0 Å². The number of amides is 2. The van der Waals surface area contributed by atoms with Crippen LogP contribution in [0, 0.1) is 0 Å². The summed E-state index contributed by atoms with van der Waals surface area (Å²) in [7, 11) is 0. The van der Waals surface area contributed by atoms with Gasteiger partial charge in [0.15, 0.2) is 11.2 Å². The lowest BCUT2D eigenvalue weighted by atomic mass is 10.2. The number of para-hydroxylation sites is 1. The van der Waals surface area contributed by atoms with Crippen LogP contribution in [0.1, 0.15) is 30.3 Å². The Labute approximate surface area is 127 Å². The number of primary amides is 1. The Kier molecular flexibility index (Phi) is 4.93. The highest BCUT2D eigenvalue weighted by Crippen LogP contribution is 2.13. The molecule has 2 amide bonds. The van der Waals surface area contributed by atoms with Gasteiger partial charge in [0.2, 0.25) is 5.91 Å². The highest BCUT2D eigenvalue weighted by Gasteiger charge is 2.20. The fraction of sp³-hybridized carbons (Fsp3) is 0.312. The molecule has 1 aromatic heterocycles. The van der Waals surface area contributed by atoms with Gasteiger partial charge in [-0.1, -0.05) is 25.5 Å². The number of hydrogen-bond acceptors (Lipinski definition) is 4. The molecule has 0 spiro atoms. The number of hydrogen-bond donors (Lipinski definition) is 1. The molecule has 6 nitrogen and oxygen atoms in total. The SMILES string of the molecule is CCCCN(CC(N)=O)C(=O)c1cc(=O)c2ccccc2o1. The zero-order valence-corrected chi connectivity index (χ0v) is 12.4. The molecular formula is C16H18N2O4. The Morgan fingerprint density at radius 1 is 1.27 bits per heavy atom. The summed E-state index contributed by atoms with van der Waals surface area (Å²) in [4.78, 5) is 36.9. The lowest BCUT2D eigenvalue weighted by Gasteiger charge is -2.20. The number of unbranched alkanes of at least 4 members (excludes halogenated alkanes) is 1. The minimum absolute atomic E-state index is 0.0824. The van der Waals surface area contributed by atoms with Crippen molar-refractivity contribution in [2.45, 2.75) is 19.8 Å². The van der Waals surface area contributed by atoms with Crippen LogP contribution < -0.4 is 11.2 Å².